The molecule has 0 fully saturated rings. The first-order valence-corrected chi connectivity index (χ1v) is 18.8. The number of benzene rings is 8. The number of anilines is 3. The summed E-state index contributed by atoms with van der Waals surface area (Å²) in [4.78, 5) is 2.36. The van der Waals surface area contributed by atoms with Crippen LogP contribution in [0.4, 0.5) is 17.1 Å². The summed E-state index contributed by atoms with van der Waals surface area (Å²) in [6.07, 6.45) is 3.26. The highest BCUT2D eigenvalue weighted by Crippen LogP contribution is 2.45. The fraction of sp³-hybridized carbons (Fsp3) is 0.0769. The van der Waals surface area contributed by atoms with Crippen molar-refractivity contribution in [1.29, 1.82) is 0 Å². The van der Waals surface area contributed by atoms with Crippen molar-refractivity contribution >= 4 is 17.1 Å². The fourth-order valence-electron chi connectivity index (χ4n) is 8.13. The molecule has 1 atom stereocenters. The molecule has 0 aromatic heterocycles. The van der Waals surface area contributed by atoms with Crippen LogP contribution in [0, 0.1) is 0 Å². The summed E-state index contributed by atoms with van der Waals surface area (Å²) in [6.45, 7) is 0. The first-order chi connectivity index (χ1) is 26.3. The van der Waals surface area contributed by atoms with E-state index in [0.717, 1.165) is 36.3 Å². The van der Waals surface area contributed by atoms with E-state index in [1.165, 1.54) is 61.2 Å². The smallest absolute Gasteiger partial charge is 0.0462 e. The lowest BCUT2D eigenvalue weighted by molar-refractivity contribution is 0.616. The molecule has 0 bridgehead atoms. The predicted octanol–water partition coefficient (Wildman–Crippen LogP) is 14.1. The Hall–Kier alpha value is -6.44. The van der Waals surface area contributed by atoms with Gasteiger partial charge in [-0.25, -0.2) is 0 Å². The van der Waals surface area contributed by atoms with Crippen molar-refractivity contribution in [3.05, 3.63) is 223 Å². The number of hydrogen-bond donors (Lipinski definition) is 0. The predicted molar refractivity (Wildman–Crippen MR) is 224 cm³/mol. The first kappa shape index (κ1) is 32.5. The van der Waals surface area contributed by atoms with Gasteiger partial charge in [0.15, 0.2) is 0 Å². The third-order valence-corrected chi connectivity index (χ3v) is 10.8. The summed E-state index contributed by atoms with van der Waals surface area (Å²) in [5.41, 5.74) is 17.9. The van der Waals surface area contributed by atoms with E-state index in [4.69, 9.17) is 0 Å². The molecular formula is C52H41N. The molecule has 1 heteroatoms. The Bertz CT molecular complexity index is 2350. The van der Waals surface area contributed by atoms with Gasteiger partial charge in [-0.15, -0.1) is 0 Å². The van der Waals surface area contributed by atoms with E-state index in [1.54, 1.807) is 0 Å². The minimum atomic E-state index is 0.479. The van der Waals surface area contributed by atoms with E-state index in [-0.39, 0.29) is 0 Å². The molecule has 254 valence electrons. The highest BCUT2D eigenvalue weighted by atomic mass is 15.1. The van der Waals surface area contributed by atoms with Crippen LogP contribution in [0.3, 0.4) is 0 Å². The molecule has 0 saturated heterocycles. The molecule has 0 N–H and O–H groups in total. The lowest BCUT2D eigenvalue weighted by Crippen LogP contribution is -2.13. The van der Waals surface area contributed by atoms with Gasteiger partial charge in [0.1, 0.15) is 0 Å². The molecule has 8 aromatic carbocycles. The third kappa shape index (κ3) is 6.70. The van der Waals surface area contributed by atoms with Crippen LogP contribution in [0.15, 0.2) is 206 Å². The molecule has 0 amide bonds. The maximum Gasteiger partial charge on any atom is 0.0462 e. The molecule has 1 aliphatic rings. The average molecular weight is 680 g/mol. The Morgan fingerprint density at radius 2 is 0.792 bits per heavy atom. The van der Waals surface area contributed by atoms with E-state index in [0.29, 0.717) is 5.92 Å². The fourth-order valence-corrected chi connectivity index (χ4v) is 8.13. The van der Waals surface area contributed by atoms with Gasteiger partial charge in [0.05, 0.1) is 0 Å². The molecule has 0 saturated carbocycles. The Kier molecular flexibility index (Phi) is 8.98. The van der Waals surface area contributed by atoms with Crippen molar-refractivity contribution in [2.24, 2.45) is 0 Å². The second kappa shape index (κ2) is 14.7. The van der Waals surface area contributed by atoms with Crippen molar-refractivity contribution in [3.63, 3.8) is 0 Å². The molecule has 9 rings (SSSR count). The van der Waals surface area contributed by atoms with Gasteiger partial charge in [0.2, 0.25) is 0 Å². The van der Waals surface area contributed by atoms with Gasteiger partial charge in [-0.2, -0.15) is 0 Å². The number of aryl methyl sites for hydroxylation is 1. The summed E-state index contributed by atoms with van der Waals surface area (Å²) in [7, 11) is 0. The molecule has 1 nitrogen and oxygen atoms in total. The van der Waals surface area contributed by atoms with Gasteiger partial charge < -0.3 is 4.90 Å². The van der Waals surface area contributed by atoms with Crippen molar-refractivity contribution in [1.82, 2.24) is 0 Å². The number of fused-ring (bicyclic) bond motifs is 3. The number of hydrogen-bond acceptors (Lipinski definition) is 1. The third-order valence-electron chi connectivity index (χ3n) is 10.8. The first-order valence-electron chi connectivity index (χ1n) is 18.8. The zero-order chi connectivity index (χ0) is 35.4. The monoisotopic (exact) mass is 679 g/mol. The van der Waals surface area contributed by atoms with Crippen molar-refractivity contribution in [2.45, 2.75) is 25.2 Å². The van der Waals surface area contributed by atoms with Crippen LogP contribution in [0.25, 0.3) is 44.5 Å². The van der Waals surface area contributed by atoms with Crippen molar-refractivity contribution in [2.75, 3.05) is 4.90 Å². The lowest BCUT2D eigenvalue weighted by Gasteiger charge is -2.30. The van der Waals surface area contributed by atoms with Crippen molar-refractivity contribution in [3.8, 4) is 44.5 Å². The van der Waals surface area contributed by atoms with Crippen LogP contribution < -0.4 is 4.90 Å². The summed E-state index contributed by atoms with van der Waals surface area (Å²) >= 11 is 0. The molecular weight excluding hydrogens is 639 g/mol. The summed E-state index contributed by atoms with van der Waals surface area (Å²) in [5, 5.41) is 0. The molecule has 1 aliphatic carbocycles. The van der Waals surface area contributed by atoms with E-state index < -0.39 is 0 Å². The van der Waals surface area contributed by atoms with Crippen molar-refractivity contribution < 1.29 is 0 Å². The van der Waals surface area contributed by atoms with Gasteiger partial charge in [0.25, 0.3) is 0 Å². The van der Waals surface area contributed by atoms with Crippen LogP contribution in [0.5, 0.6) is 0 Å². The minimum Gasteiger partial charge on any atom is -0.311 e. The summed E-state index contributed by atoms with van der Waals surface area (Å²) < 4.78 is 0. The summed E-state index contributed by atoms with van der Waals surface area (Å²) in [6, 6.07) is 75.1. The Morgan fingerprint density at radius 3 is 1.36 bits per heavy atom. The topological polar surface area (TPSA) is 3.24 Å². The molecule has 0 radical (unpaired) electrons. The highest BCUT2D eigenvalue weighted by Gasteiger charge is 2.26. The Morgan fingerprint density at radius 1 is 0.358 bits per heavy atom. The lowest BCUT2D eigenvalue weighted by atomic mass is 9.74. The minimum absolute atomic E-state index is 0.479. The molecule has 53 heavy (non-hydrogen) atoms. The maximum absolute atomic E-state index is 2.36. The second-order valence-corrected chi connectivity index (χ2v) is 14.1. The van der Waals surface area contributed by atoms with Crippen LogP contribution >= 0.6 is 0 Å². The SMILES string of the molecule is c1ccc(CCC2Cc3c(-c4ccc(N(c5ccc(-c6ccccc6)cc5)c5ccc(-c6ccccc6)cc5)cc4)cccc3-c3ccccc32)cc1. The average Bonchev–Trinajstić information content (AvgIpc) is 3.24. The van der Waals surface area contributed by atoms with Crippen LogP contribution in [-0.2, 0) is 12.8 Å². The zero-order valence-electron chi connectivity index (χ0n) is 29.8. The van der Waals surface area contributed by atoms with E-state index in [1.807, 2.05) is 0 Å². The van der Waals surface area contributed by atoms with Gasteiger partial charge in [-0.3, -0.25) is 0 Å². The van der Waals surface area contributed by atoms with Crippen LogP contribution in [-0.4, -0.2) is 0 Å². The van der Waals surface area contributed by atoms with E-state index in [2.05, 4.69) is 211 Å². The van der Waals surface area contributed by atoms with Gasteiger partial charge in [0, 0.05) is 17.1 Å². The molecule has 0 aliphatic heterocycles. The van der Waals surface area contributed by atoms with Crippen LogP contribution in [0.1, 0.15) is 29.0 Å². The maximum atomic E-state index is 2.36. The molecule has 8 aromatic rings. The van der Waals surface area contributed by atoms with Gasteiger partial charge >= 0.3 is 0 Å². The standard InChI is InChI=1S/C52H41N/c1-4-13-38(14-5-1)23-24-44-37-52-48(21-12-22-51(52)50-20-11-10-19-49(44)50)43-29-35-47(36-30-43)53(45-31-25-41(26-32-45)39-15-6-2-7-16-39)46-33-27-42(28-34-46)40-17-8-3-9-18-40/h1-22,25-36,44H,23-24,37H2. The highest BCUT2D eigenvalue weighted by molar-refractivity contribution is 5.85. The molecule has 0 spiro atoms. The van der Waals surface area contributed by atoms with Gasteiger partial charge in [-0.05, 0) is 123 Å². The Labute approximate surface area is 313 Å². The normalized spacial score (nSPS) is 13.2. The molecule has 1 unspecified atom stereocenters. The number of nitrogens with zero attached hydrogens (tertiary/aromatic N) is 1. The van der Waals surface area contributed by atoms with Gasteiger partial charge in [-0.1, -0.05) is 170 Å². The van der Waals surface area contributed by atoms with Crippen LogP contribution in [0.2, 0.25) is 0 Å². The van der Waals surface area contributed by atoms with E-state index >= 15 is 0 Å². The zero-order valence-corrected chi connectivity index (χ0v) is 29.8. The quantitative estimate of drug-likeness (QED) is 0.147. The summed E-state index contributed by atoms with van der Waals surface area (Å²) in [5.74, 6) is 0.479. The van der Waals surface area contributed by atoms with E-state index in [9.17, 15) is 0 Å². The molecule has 0 heterocycles. The number of rotatable bonds is 9. The Balaban J connectivity index is 1.06. The largest absolute Gasteiger partial charge is 0.311 e. The second-order valence-electron chi connectivity index (χ2n) is 14.1.